The molecule has 0 saturated carbocycles. The van der Waals surface area contributed by atoms with Crippen molar-refractivity contribution < 1.29 is 14.7 Å². The molecule has 4 nitrogen and oxygen atoms in total. The molecule has 0 heterocycles. The maximum Gasteiger partial charge on any atom is 0.316 e. The predicted octanol–water partition coefficient (Wildman–Crippen LogP) is 3.80. The minimum absolute atomic E-state index is 0.198. The fourth-order valence-electron chi connectivity index (χ4n) is 2.31. The minimum atomic E-state index is -0.898. The molecule has 2 N–H and O–H groups in total. The molecular formula is C19H21NO3S. The fourth-order valence-corrected chi connectivity index (χ4v) is 3.24. The molecule has 2 aromatic rings. The van der Waals surface area contributed by atoms with Gasteiger partial charge in [-0.1, -0.05) is 35.9 Å². The predicted molar refractivity (Wildman–Crippen MR) is 96.5 cm³/mol. The third-order valence-corrected chi connectivity index (χ3v) is 4.89. The summed E-state index contributed by atoms with van der Waals surface area (Å²) in [6.45, 7) is 6.11. The van der Waals surface area contributed by atoms with Gasteiger partial charge >= 0.3 is 5.97 Å². The first-order valence-corrected chi connectivity index (χ1v) is 8.59. The van der Waals surface area contributed by atoms with Gasteiger partial charge in [0.15, 0.2) is 0 Å². The largest absolute Gasteiger partial charge is 0.480 e. The minimum Gasteiger partial charge on any atom is -0.480 e. The van der Waals surface area contributed by atoms with E-state index < -0.39 is 11.2 Å². The first kappa shape index (κ1) is 18.1. The lowest BCUT2D eigenvalue weighted by molar-refractivity contribution is -0.136. The number of aliphatic carboxylic acids is 1. The van der Waals surface area contributed by atoms with Crippen LogP contribution in [-0.2, 0) is 11.3 Å². The van der Waals surface area contributed by atoms with Crippen molar-refractivity contribution in [3.8, 4) is 0 Å². The molecule has 0 aliphatic rings. The van der Waals surface area contributed by atoms with Crippen LogP contribution in [0.5, 0.6) is 0 Å². The molecule has 1 atom stereocenters. The Balaban J connectivity index is 2.11. The Labute approximate surface area is 146 Å². The number of nitrogens with one attached hydrogen (secondary N) is 1. The molecule has 0 bridgehead atoms. The third kappa shape index (κ3) is 4.61. The Morgan fingerprint density at radius 2 is 1.88 bits per heavy atom. The van der Waals surface area contributed by atoms with Gasteiger partial charge in [-0.25, -0.2) is 0 Å². The summed E-state index contributed by atoms with van der Waals surface area (Å²) in [6.07, 6.45) is 0. The summed E-state index contributed by atoms with van der Waals surface area (Å²) >= 11 is 1.17. The van der Waals surface area contributed by atoms with Gasteiger partial charge in [-0.05, 0) is 44.0 Å². The maximum atomic E-state index is 12.5. The number of carboxylic acid groups (broad SMARTS) is 1. The molecule has 0 aromatic heterocycles. The summed E-state index contributed by atoms with van der Waals surface area (Å²) in [5, 5.41) is 11.4. The number of aryl methyl sites for hydroxylation is 2. The quantitative estimate of drug-likeness (QED) is 0.783. The van der Waals surface area contributed by atoms with Gasteiger partial charge in [-0.3, -0.25) is 9.59 Å². The number of carbonyl (C=O) groups is 2. The van der Waals surface area contributed by atoms with Crippen LogP contribution in [-0.4, -0.2) is 22.2 Å². The van der Waals surface area contributed by atoms with Crippen molar-refractivity contribution in [2.45, 2.75) is 37.5 Å². The molecule has 1 amide bonds. The lowest BCUT2D eigenvalue weighted by Gasteiger charge is -2.13. The first-order valence-electron chi connectivity index (χ1n) is 7.71. The maximum absolute atomic E-state index is 12.5. The van der Waals surface area contributed by atoms with Crippen molar-refractivity contribution in [3.05, 3.63) is 64.7 Å². The van der Waals surface area contributed by atoms with Crippen LogP contribution in [0.4, 0.5) is 0 Å². The number of thioether (sulfide) groups is 1. The van der Waals surface area contributed by atoms with Crippen LogP contribution in [0.15, 0.2) is 47.4 Å². The third-order valence-electron chi connectivity index (χ3n) is 3.72. The molecule has 0 aliphatic carbocycles. The van der Waals surface area contributed by atoms with Crippen LogP contribution in [0.1, 0.15) is 34.0 Å². The Morgan fingerprint density at radius 3 is 2.54 bits per heavy atom. The molecule has 5 heteroatoms. The van der Waals surface area contributed by atoms with E-state index in [9.17, 15) is 9.59 Å². The van der Waals surface area contributed by atoms with Gasteiger partial charge in [0, 0.05) is 11.4 Å². The van der Waals surface area contributed by atoms with Crippen LogP contribution in [0.2, 0.25) is 0 Å². The van der Waals surface area contributed by atoms with Gasteiger partial charge in [0.05, 0.1) is 5.56 Å². The molecule has 2 rings (SSSR count). The average molecular weight is 343 g/mol. The van der Waals surface area contributed by atoms with Crippen molar-refractivity contribution in [1.82, 2.24) is 5.32 Å². The van der Waals surface area contributed by atoms with Gasteiger partial charge in [0.25, 0.3) is 5.91 Å². The van der Waals surface area contributed by atoms with Gasteiger partial charge in [-0.15, -0.1) is 11.8 Å². The van der Waals surface area contributed by atoms with E-state index >= 15 is 0 Å². The zero-order valence-electron chi connectivity index (χ0n) is 14.0. The summed E-state index contributed by atoms with van der Waals surface area (Å²) in [5.74, 6) is -1.10. The molecule has 1 unspecified atom stereocenters. The second-order valence-electron chi connectivity index (χ2n) is 5.71. The lowest BCUT2D eigenvalue weighted by atomic mass is 10.1. The molecule has 0 saturated heterocycles. The van der Waals surface area contributed by atoms with E-state index in [1.165, 1.54) is 17.3 Å². The number of hydrogen-bond donors (Lipinski definition) is 2. The Kier molecular flexibility index (Phi) is 6.04. The van der Waals surface area contributed by atoms with Gasteiger partial charge in [0.2, 0.25) is 0 Å². The number of amides is 1. The smallest absolute Gasteiger partial charge is 0.316 e. The highest BCUT2D eigenvalue weighted by Gasteiger charge is 2.17. The number of benzene rings is 2. The van der Waals surface area contributed by atoms with Crippen LogP contribution in [0, 0.1) is 13.8 Å². The zero-order chi connectivity index (χ0) is 17.7. The van der Waals surface area contributed by atoms with Crippen molar-refractivity contribution in [3.63, 3.8) is 0 Å². The summed E-state index contributed by atoms with van der Waals surface area (Å²) in [7, 11) is 0. The normalized spacial score (nSPS) is 11.8. The van der Waals surface area contributed by atoms with E-state index in [0.29, 0.717) is 17.0 Å². The summed E-state index contributed by atoms with van der Waals surface area (Å²) < 4.78 is 0. The SMILES string of the molecule is Cc1ccc(CNC(=O)c2ccccc2SC(C)C(=O)O)c(C)c1. The van der Waals surface area contributed by atoms with Gasteiger partial charge in [0.1, 0.15) is 5.25 Å². The fraction of sp³-hybridized carbons (Fsp3) is 0.263. The molecule has 0 fully saturated rings. The number of rotatable bonds is 6. The second kappa shape index (κ2) is 8.02. The average Bonchev–Trinajstić information content (AvgIpc) is 2.54. The zero-order valence-corrected chi connectivity index (χ0v) is 14.8. The highest BCUT2D eigenvalue weighted by molar-refractivity contribution is 8.00. The van der Waals surface area contributed by atoms with E-state index in [1.54, 1.807) is 31.2 Å². The summed E-state index contributed by atoms with van der Waals surface area (Å²) in [5.41, 5.74) is 3.89. The van der Waals surface area contributed by atoms with Crippen molar-refractivity contribution in [2.75, 3.05) is 0 Å². The van der Waals surface area contributed by atoms with E-state index in [4.69, 9.17) is 5.11 Å². The first-order chi connectivity index (χ1) is 11.4. The molecular weight excluding hydrogens is 322 g/mol. The van der Waals surface area contributed by atoms with E-state index in [2.05, 4.69) is 11.4 Å². The Morgan fingerprint density at radius 1 is 1.17 bits per heavy atom. The number of carboxylic acids is 1. The van der Waals surface area contributed by atoms with E-state index in [-0.39, 0.29) is 5.91 Å². The lowest BCUT2D eigenvalue weighted by Crippen LogP contribution is -2.24. The van der Waals surface area contributed by atoms with Crippen molar-refractivity contribution in [2.24, 2.45) is 0 Å². The standard InChI is InChI=1S/C19H21NO3S/c1-12-8-9-15(13(2)10-12)11-20-18(21)16-6-4-5-7-17(16)24-14(3)19(22)23/h4-10,14H,11H2,1-3H3,(H,20,21)(H,22,23). The molecule has 126 valence electrons. The van der Waals surface area contributed by atoms with Gasteiger partial charge in [-0.2, -0.15) is 0 Å². The van der Waals surface area contributed by atoms with Crippen LogP contribution in [0.3, 0.4) is 0 Å². The second-order valence-corrected chi connectivity index (χ2v) is 7.09. The van der Waals surface area contributed by atoms with Crippen molar-refractivity contribution >= 4 is 23.6 Å². The van der Waals surface area contributed by atoms with E-state index in [0.717, 1.165) is 11.1 Å². The molecule has 0 aliphatic heterocycles. The molecule has 2 aromatic carbocycles. The highest BCUT2D eigenvalue weighted by atomic mass is 32.2. The Hall–Kier alpha value is -2.27. The van der Waals surface area contributed by atoms with Crippen LogP contribution in [0.25, 0.3) is 0 Å². The molecule has 0 radical (unpaired) electrons. The monoisotopic (exact) mass is 343 g/mol. The molecule has 24 heavy (non-hydrogen) atoms. The number of hydrogen-bond acceptors (Lipinski definition) is 3. The summed E-state index contributed by atoms with van der Waals surface area (Å²) in [4.78, 5) is 24.2. The van der Waals surface area contributed by atoms with Crippen molar-refractivity contribution in [1.29, 1.82) is 0 Å². The van der Waals surface area contributed by atoms with Crippen LogP contribution >= 0.6 is 11.8 Å². The number of carbonyl (C=O) groups excluding carboxylic acids is 1. The van der Waals surface area contributed by atoms with E-state index in [1.807, 2.05) is 26.0 Å². The topological polar surface area (TPSA) is 66.4 Å². The Bertz CT molecular complexity index is 758. The van der Waals surface area contributed by atoms with Crippen LogP contribution < -0.4 is 5.32 Å². The highest BCUT2D eigenvalue weighted by Crippen LogP contribution is 2.27. The summed E-state index contributed by atoms with van der Waals surface area (Å²) in [6, 6.07) is 13.2. The molecule has 0 spiro atoms. The van der Waals surface area contributed by atoms with Gasteiger partial charge < -0.3 is 10.4 Å².